The molecule has 1 aliphatic rings. The number of aryl methyl sites for hydroxylation is 1. The SMILES string of the molecule is CCOC(=O)[C@]1(C)CCCN1C(=O)c1ccc(Sc2nncn2C)c([N+](=O)[O-])c1. The molecule has 3 rings (SSSR count). The highest BCUT2D eigenvalue weighted by molar-refractivity contribution is 7.99. The maximum Gasteiger partial charge on any atom is 0.331 e. The number of amides is 1. The van der Waals surface area contributed by atoms with E-state index >= 15 is 0 Å². The minimum atomic E-state index is -1.08. The fourth-order valence-electron chi connectivity index (χ4n) is 3.29. The number of aromatic nitrogens is 3. The maximum atomic E-state index is 13.1. The number of hydrogen-bond donors (Lipinski definition) is 0. The molecule has 1 aliphatic heterocycles. The fraction of sp³-hybridized carbons (Fsp3) is 0.444. The van der Waals surface area contributed by atoms with Crippen molar-refractivity contribution >= 4 is 29.3 Å². The van der Waals surface area contributed by atoms with E-state index in [4.69, 9.17) is 4.74 Å². The van der Waals surface area contributed by atoms with Crippen LogP contribution in [0.1, 0.15) is 37.0 Å². The first-order valence-electron chi connectivity index (χ1n) is 9.07. The third-order valence-corrected chi connectivity index (χ3v) is 5.99. The number of nitro groups is 1. The molecular weight excluding hydrogens is 398 g/mol. The van der Waals surface area contributed by atoms with Gasteiger partial charge < -0.3 is 14.2 Å². The molecule has 1 fully saturated rings. The predicted molar refractivity (Wildman–Crippen MR) is 104 cm³/mol. The zero-order chi connectivity index (χ0) is 21.2. The maximum absolute atomic E-state index is 13.1. The number of rotatable bonds is 6. The highest BCUT2D eigenvalue weighted by atomic mass is 32.2. The molecular formula is C18H21N5O5S. The normalized spacial score (nSPS) is 18.7. The first-order valence-corrected chi connectivity index (χ1v) is 9.89. The average molecular weight is 419 g/mol. The molecule has 0 radical (unpaired) electrons. The summed E-state index contributed by atoms with van der Waals surface area (Å²) >= 11 is 1.09. The molecule has 154 valence electrons. The zero-order valence-electron chi connectivity index (χ0n) is 16.3. The molecule has 0 saturated carbocycles. The van der Waals surface area contributed by atoms with E-state index in [1.165, 1.54) is 29.4 Å². The second-order valence-corrected chi connectivity index (χ2v) is 7.83. The Morgan fingerprint density at radius 2 is 2.17 bits per heavy atom. The van der Waals surface area contributed by atoms with Gasteiger partial charge in [0.15, 0.2) is 5.16 Å². The quantitative estimate of drug-likeness (QED) is 0.398. The first kappa shape index (κ1) is 20.8. The number of likely N-dealkylation sites (tertiary alicyclic amines) is 1. The van der Waals surface area contributed by atoms with E-state index < -0.39 is 22.3 Å². The van der Waals surface area contributed by atoms with Crippen molar-refractivity contribution < 1.29 is 19.2 Å². The molecule has 0 N–H and O–H groups in total. The van der Waals surface area contributed by atoms with Crippen LogP contribution in [0.3, 0.4) is 0 Å². The van der Waals surface area contributed by atoms with Gasteiger partial charge in [0.05, 0.1) is 16.4 Å². The summed E-state index contributed by atoms with van der Waals surface area (Å²) in [5, 5.41) is 19.8. The van der Waals surface area contributed by atoms with Gasteiger partial charge in [-0.25, -0.2) is 4.79 Å². The second-order valence-electron chi connectivity index (χ2n) is 6.82. The van der Waals surface area contributed by atoms with Gasteiger partial charge in [-0.2, -0.15) is 0 Å². The van der Waals surface area contributed by atoms with Gasteiger partial charge in [-0.1, -0.05) is 0 Å². The predicted octanol–water partition coefficient (Wildman–Crippen LogP) is 2.43. The molecule has 29 heavy (non-hydrogen) atoms. The van der Waals surface area contributed by atoms with Gasteiger partial charge in [-0.3, -0.25) is 14.9 Å². The van der Waals surface area contributed by atoms with Crippen molar-refractivity contribution in [3.05, 3.63) is 40.2 Å². The van der Waals surface area contributed by atoms with E-state index in [-0.39, 0.29) is 17.9 Å². The van der Waals surface area contributed by atoms with E-state index in [0.717, 1.165) is 11.8 Å². The molecule has 1 amide bonds. The van der Waals surface area contributed by atoms with Crippen LogP contribution in [0.15, 0.2) is 34.6 Å². The number of nitro benzene ring substituents is 1. The van der Waals surface area contributed by atoms with Gasteiger partial charge in [0.25, 0.3) is 11.6 Å². The van der Waals surface area contributed by atoms with Gasteiger partial charge >= 0.3 is 5.97 Å². The lowest BCUT2D eigenvalue weighted by Crippen LogP contribution is -2.51. The van der Waals surface area contributed by atoms with Crippen LogP contribution >= 0.6 is 11.8 Å². The molecule has 1 aromatic carbocycles. The van der Waals surface area contributed by atoms with Gasteiger partial charge in [-0.15, -0.1) is 10.2 Å². The van der Waals surface area contributed by atoms with Crippen LogP contribution in [0.5, 0.6) is 0 Å². The van der Waals surface area contributed by atoms with Crippen LogP contribution in [0.25, 0.3) is 0 Å². The van der Waals surface area contributed by atoms with Crippen LogP contribution in [-0.4, -0.2) is 55.2 Å². The molecule has 10 nitrogen and oxygen atoms in total. The first-order chi connectivity index (χ1) is 13.8. The van der Waals surface area contributed by atoms with Gasteiger partial charge in [0.2, 0.25) is 0 Å². The lowest BCUT2D eigenvalue weighted by Gasteiger charge is -2.32. The molecule has 2 aromatic rings. The molecule has 0 spiro atoms. The number of nitrogens with zero attached hydrogens (tertiary/aromatic N) is 5. The Morgan fingerprint density at radius 3 is 2.79 bits per heavy atom. The molecule has 0 aliphatic carbocycles. The second kappa shape index (κ2) is 8.19. The lowest BCUT2D eigenvalue weighted by molar-refractivity contribution is -0.387. The number of benzene rings is 1. The van der Waals surface area contributed by atoms with Gasteiger partial charge in [0.1, 0.15) is 11.9 Å². The molecule has 1 atom stereocenters. The highest BCUT2D eigenvalue weighted by Crippen LogP contribution is 2.36. The van der Waals surface area contributed by atoms with E-state index in [9.17, 15) is 19.7 Å². The van der Waals surface area contributed by atoms with Crippen molar-refractivity contribution in [3.8, 4) is 0 Å². The Hall–Kier alpha value is -2.95. The fourth-order valence-corrected chi connectivity index (χ4v) is 4.14. The summed E-state index contributed by atoms with van der Waals surface area (Å²) in [7, 11) is 1.73. The largest absolute Gasteiger partial charge is 0.464 e. The molecule has 0 unspecified atom stereocenters. The molecule has 1 aromatic heterocycles. The lowest BCUT2D eigenvalue weighted by atomic mass is 9.98. The summed E-state index contributed by atoms with van der Waals surface area (Å²) in [4.78, 5) is 38.4. The molecule has 1 saturated heterocycles. The van der Waals surface area contributed by atoms with Crippen LogP contribution in [0.4, 0.5) is 5.69 Å². The summed E-state index contributed by atoms with van der Waals surface area (Å²) in [6.45, 7) is 3.98. The van der Waals surface area contributed by atoms with Gasteiger partial charge in [-0.05, 0) is 50.6 Å². The number of carbonyl (C=O) groups is 2. The smallest absolute Gasteiger partial charge is 0.331 e. The Kier molecular flexibility index (Phi) is 5.87. The summed E-state index contributed by atoms with van der Waals surface area (Å²) in [6.07, 6.45) is 2.64. The number of carbonyl (C=O) groups excluding carboxylic acids is 2. The van der Waals surface area contributed by atoms with E-state index in [0.29, 0.717) is 29.4 Å². The summed E-state index contributed by atoms with van der Waals surface area (Å²) in [5.41, 5.74) is -1.13. The van der Waals surface area contributed by atoms with Crippen LogP contribution < -0.4 is 0 Å². The Labute approximate surface area is 171 Å². The minimum Gasteiger partial charge on any atom is -0.464 e. The van der Waals surface area contributed by atoms with Crippen molar-refractivity contribution in [3.63, 3.8) is 0 Å². The Morgan fingerprint density at radius 1 is 1.41 bits per heavy atom. The minimum absolute atomic E-state index is 0.149. The third kappa shape index (κ3) is 3.95. The van der Waals surface area contributed by atoms with Crippen molar-refractivity contribution in [1.82, 2.24) is 19.7 Å². The molecule has 11 heteroatoms. The van der Waals surface area contributed by atoms with Crippen molar-refractivity contribution in [2.75, 3.05) is 13.2 Å². The van der Waals surface area contributed by atoms with Crippen LogP contribution in [-0.2, 0) is 16.6 Å². The molecule has 2 heterocycles. The Balaban J connectivity index is 1.91. The number of hydrogen-bond acceptors (Lipinski definition) is 8. The van der Waals surface area contributed by atoms with Crippen LogP contribution in [0.2, 0.25) is 0 Å². The monoisotopic (exact) mass is 419 g/mol. The average Bonchev–Trinajstić information content (AvgIpc) is 3.28. The van der Waals surface area contributed by atoms with Gasteiger partial charge in [0, 0.05) is 25.2 Å². The van der Waals surface area contributed by atoms with Crippen molar-refractivity contribution in [2.45, 2.75) is 42.3 Å². The van der Waals surface area contributed by atoms with E-state index in [2.05, 4.69) is 10.2 Å². The highest BCUT2D eigenvalue weighted by Gasteiger charge is 2.47. The topological polar surface area (TPSA) is 120 Å². The number of esters is 1. The zero-order valence-corrected chi connectivity index (χ0v) is 17.1. The Bertz CT molecular complexity index is 962. The van der Waals surface area contributed by atoms with Crippen molar-refractivity contribution in [1.29, 1.82) is 0 Å². The van der Waals surface area contributed by atoms with Crippen LogP contribution in [0, 0.1) is 10.1 Å². The standard InChI is InChI=1S/C18H21N5O5S/c1-4-28-16(25)18(2)8-5-9-22(18)15(24)12-6-7-14(13(10-12)23(26)27)29-17-20-19-11-21(17)3/h6-7,10-11H,4-5,8-9H2,1-3H3/t18-/m0/s1. The summed E-state index contributed by atoms with van der Waals surface area (Å²) in [5.74, 6) is -0.897. The van der Waals surface area contributed by atoms with Crippen molar-refractivity contribution in [2.24, 2.45) is 7.05 Å². The third-order valence-electron chi connectivity index (χ3n) is 4.88. The molecule has 0 bridgehead atoms. The number of ether oxygens (including phenoxy) is 1. The summed E-state index contributed by atoms with van der Waals surface area (Å²) in [6, 6.07) is 4.28. The summed E-state index contributed by atoms with van der Waals surface area (Å²) < 4.78 is 6.78. The van der Waals surface area contributed by atoms with E-state index in [1.54, 1.807) is 25.5 Å². The van der Waals surface area contributed by atoms with E-state index in [1.807, 2.05) is 0 Å².